The van der Waals surface area contributed by atoms with Crippen molar-refractivity contribution in [1.82, 2.24) is 9.80 Å². The van der Waals surface area contributed by atoms with Gasteiger partial charge in [-0.15, -0.1) is 0 Å². The van der Waals surface area contributed by atoms with Gasteiger partial charge >= 0.3 is 6.03 Å². The summed E-state index contributed by atoms with van der Waals surface area (Å²) in [6.45, 7) is 1.22. The number of allylic oxidation sites excluding steroid dienone is 1. The maximum Gasteiger partial charge on any atom is 0.417 e. The van der Waals surface area contributed by atoms with Gasteiger partial charge in [-0.05, 0) is 12.5 Å². The van der Waals surface area contributed by atoms with E-state index in [1.807, 2.05) is 0 Å². The zero-order valence-electron chi connectivity index (χ0n) is 11.9. The van der Waals surface area contributed by atoms with Crippen molar-refractivity contribution in [2.75, 3.05) is 34.4 Å². The quantitative estimate of drug-likeness (QED) is 0.644. The zero-order valence-corrected chi connectivity index (χ0v) is 11.9. The second-order valence-electron chi connectivity index (χ2n) is 4.69. The lowest BCUT2D eigenvalue weighted by Gasteiger charge is -2.31. The molecule has 2 rings (SSSR count). The van der Waals surface area contributed by atoms with E-state index >= 15 is 0 Å². The second-order valence-corrected chi connectivity index (χ2v) is 4.69. The number of amides is 3. The molecule has 0 saturated carbocycles. The molecule has 2 aliphatic heterocycles. The van der Waals surface area contributed by atoms with E-state index in [2.05, 4.69) is 9.98 Å². The molecule has 1 N–H and O–H groups in total. The number of hydrogen-bond donors (Lipinski definition) is 1. The Morgan fingerprint density at radius 3 is 2.80 bits per heavy atom. The molecular formula is C13H19N4O3+. The molecule has 0 aromatic carbocycles. The van der Waals surface area contributed by atoms with Crippen LogP contribution in [0.2, 0.25) is 0 Å². The van der Waals surface area contributed by atoms with Crippen LogP contribution >= 0.6 is 0 Å². The van der Waals surface area contributed by atoms with Gasteiger partial charge in [-0.25, -0.2) is 14.7 Å². The third-order valence-corrected chi connectivity index (χ3v) is 3.37. The number of carbonyl (C=O) groups excluding carboxylic acids is 2. The van der Waals surface area contributed by atoms with Crippen LogP contribution in [0.1, 0.15) is 6.42 Å². The molecule has 0 spiro atoms. The highest BCUT2D eigenvalue weighted by molar-refractivity contribution is 6.30. The molecule has 1 atom stereocenters. The van der Waals surface area contributed by atoms with Crippen molar-refractivity contribution in [1.29, 1.82) is 0 Å². The molecule has 108 valence electrons. The number of rotatable bonds is 4. The van der Waals surface area contributed by atoms with E-state index in [4.69, 9.17) is 4.74 Å². The van der Waals surface area contributed by atoms with E-state index in [-0.39, 0.29) is 11.9 Å². The van der Waals surface area contributed by atoms with Crippen LogP contribution in [0.5, 0.6) is 0 Å². The fraction of sp³-hybridized carbons (Fsp3) is 0.538. The van der Waals surface area contributed by atoms with Gasteiger partial charge in [0.15, 0.2) is 5.92 Å². The van der Waals surface area contributed by atoms with Crippen LogP contribution in [0.15, 0.2) is 17.3 Å². The van der Waals surface area contributed by atoms with E-state index < -0.39 is 5.92 Å². The Bertz CT molecular complexity index is 510. The van der Waals surface area contributed by atoms with Crippen LogP contribution in [0.25, 0.3) is 0 Å². The highest BCUT2D eigenvalue weighted by Gasteiger charge is 2.49. The van der Waals surface area contributed by atoms with Gasteiger partial charge in [0.1, 0.15) is 0 Å². The molecule has 0 bridgehead atoms. The van der Waals surface area contributed by atoms with Crippen LogP contribution in [-0.2, 0) is 9.53 Å². The van der Waals surface area contributed by atoms with Gasteiger partial charge in [-0.3, -0.25) is 9.79 Å². The molecular weight excluding hydrogens is 260 g/mol. The highest BCUT2D eigenvalue weighted by atomic mass is 16.5. The van der Waals surface area contributed by atoms with Gasteiger partial charge in [0, 0.05) is 27.3 Å². The lowest BCUT2D eigenvalue weighted by Crippen LogP contribution is -2.79. The number of urea groups is 1. The molecule has 0 aromatic rings. The van der Waals surface area contributed by atoms with Crippen molar-refractivity contribution in [2.24, 2.45) is 10.9 Å². The normalized spacial score (nSPS) is 24.2. The third-order valence-electron chi connectivity index (χ3n) is 3.37. The van der Waals surface area contributed by atoms with Gasteiger partial charge in [0.05, 0.1) is 19.0 Å². The van der Waals surface area contributed by atoms with Crippen molar-refractivity contribution in [2.45, 2.75) is 6.42 Å². The summed E-state index contributed by atoms with van der Waals surface area (Å²) in [7, 11) is 4.77. The predicted molar refractivity (Wildman–Crippen MR) is 73.3 cm³/mol. The first-order chi connectivity index (χ1) is 9.57. The summed E-state index contributed by atoms with van der Waals surface area (Å²) >= 11 is 0. The first-order valence-electron chi connectivity index (χ1n) is 6.46. The maximum atomic E-state index is 12.3. The summed E-state index contributed by atoms with van der Waals surface area (Å²) < 4.78 is 4.97. The Morgan fingerprint density at radius 2 is 2.10 bits per heavy atom. The van der Waals surface area contributed by atoms with Gasteiger partial charge in [-0.2, -0.15) is 4.90 Å². The lowest BCUT2D eigenvalue weighted by atomic mass is 9.95. The number of ether oxygens (including phenoxy) is 1. The monoisotopic (exact) mass is 279 g/mol. The summed E-state index contributed by atoms with van der Waals surface area (Å²) in [6, 6.07) is -0.345. The molecule has 1 saturated heterocycles. The van der Waals surface area contributed by atoms with Crippen molar-refractivity contribution in [3.05, 3.63) is 12.3 Å². The van der Waals surface area contributed by atoms with Crippen molar-refractivity contribution in [3.8, 4) is 0 Å². The number of amidine groups is 1. The zero-order chi connectivity index (χ0) is 14.7. The Balaban J connectivity index is 2.22. The smallest absolute Gasteiger partial charge is 0.385 e. The molecule has 0 aromatic heterocycles. The number of methoxy groups -OCH3 is 1. The van der Waals surface area contributed by atoms with Crippen LogP contribution in [0.4, 0.5) is 4.79 Å². The summed E-state index contributed by atoms with van der Waals surface area (Å²) in [5.74, 6) is -0.230. The fourth-order valence-electron chi connectivity index (χ4n) is 2.24. The minimum absolute atomic E-state index is 0.259. The Morgan fingerprint density at radius 1 is 1.35 bits per heavy atom. The molecule has 2 aliphatic rings. The number of imide groups is 1. The standard InChI is InChI=1S/C13H18N4O3/c1-16-11-10(12(18)17(2)13(16)19)9(5-7-15-11)14-6-4-8-20-3/h5,7,10H,4,6,8H2,1-3H3/p+1. The molecule has 1 fully saturated rings. The average molecular weight is 279 g/mol. The average Bonchev–Trinajstić information content (AvgIpc) is 2.47. The first kappa shape index (κ1) is 14.4. The van der Waals surface area contributed by atoms with Gasteiger partial charge in [0.2, 0.25) is 0 Å². The van der Waals surface area contributed by atoms with Crippen molar-refractivity contribution >= 4 is 23.5 Å². The molecule has 2 heterocycles. The van der Waals surface area contributed by atoms with E-state index in [1.165, 1.54) is 11.9 Å². The molecule has 0 radical (unpaired) electrons. The Hall–Kier alpha value is -2.02. The maximum absolute atomic E-state index is 12.3. The SMILES string of the molecule is COCCCN=C1C=C[NH+]=C2C1C(=O)N(C)C(=O)N2C. The number of carbonyl (C=O) groups is 2. The van der Waals surface area contributed by atoms with E-state index in [0.29, 0.717) is 24.7 Å². The summed E-state index contributed by atoms with van der Waals surface area (Å²) in [4.78, 5) is 34.2. The topological polar surface area (TPSA) is 76.2 Å². The number of nitrogens with one attached hydrogen (secondary N) is 1. The van der Waals surface area contributed by atoms with E-state index in [0.717, 1.165) is 11.3 Å². The summed E-state index contributed by atoms with van der Waals surface area (Å²) in [5, 5.41) is 0. The molecule has 1 unspecified atom stereocenters. The summed E-state index contributed by atoms with van der Waals surface area (Å²) in [6.07, 6.45) is 4.27. The predicted octanol–water partition coefficient (Wildman–Crippen LogP) is -1.39. The van der Waals surface area contributed by atoms with E-state index in [9.17, 15) is 9.59 Å². The molecule has 20 heavy (non-hydrogen) atoms. The largest absolute Gasteiger partial charge is 0.417 e. The van der Waals surface area contributed by atoms with Gasteiger partial charge in [-0.1, -0.05) is 0 Å². The third kappa shape index (κ3) is 2.49. The number of fused-ring (bicyclic) bond motifs is 1. The van der Waals surface area contributed by atoms with Crippen LogP contribution in [0, 0.1) is 5.92 Å². The Kier molecular flexibility index (Phi) is 4.29. The van der Waals surface area contributed by atoms with Crippen molar-refractivity contribution in [3.63, 3.8) is 0 Å². The fourth-order valence-corrected chi connectivity index (χ4v) is 2.24. The lowest BCUT2D eigenvalue weighted by molar-refractivity contribution is -0.382. The van der Waals surface area contributed by atoms with Crippen LogP contribution < -0.4 is 4.99 Å². The number of hydrogen-bond acceptors (Lipinski definition) is 4. The van der Waals surface area contributed by atoms with Crippen molar-refractivity contribution < 1.29 is 19.3 Å². The molecule has 7 heteroatoms. The highest BCUT2D eigenvalue weighted by Crippen LogP contribution is 2.17. The summed E-state index contributed by atoms with van der Waals surface area (Å²) in [5.41, 5.74) is 0.672. The number of aliphatic imine (C=N–C) groups is 1. The minimum atomic E-state index is -0.532. The molecule has 7 nitrogen and oxygen atoms in total. The van der Waals surface area contributed by atoms with Gasteiger partial charge in [0.25, 0.3) is 11.7 Å². The van der Waals surface area contributed by atoms with Gasteiger partial charge < -0.3 is 4.74 Å². The van der Waals surface area contributed by atoms with Crippen LogP contribution in [-0.4, -0.2) is 67.6 Å². The van der Waals surface area contributed by atoms with Crippen LogP contribution in [0.3, 0.4) is 0 Å². The molecule has 0 aliphatic carbocycles. The first-order valence-corrected chi connectivity index (χ1v) is 6.46. The second kappa shape index (κ2) is 5.96. The van der Waals surface area contributed by atoms with E-state index in [1.54, 1.807) is 26.4 Å². The number of nitrogens with zero attached hydrogens (tertiary/aromatic N) is 3. The Labute approximate surface area is 117 Å². The minimum Gasteiger partial charge on any atom is -0.385 e. The molecule has 3 amide bonds.